The zero-order chi connectivity index (χ0) is 24.8. The quantitative estimate of drug-likeness (QED) is 0.500. The van der Waals surface area contributed by atoms with Gasteiger partial charge in [-0.05, 0) is 62.7 Å². The van der Waals surface area contributed by atoms with Crippen molar-refractivity contribution in [2.45, 2.75) is 39.4 Å². The molecule has 0 heterocycles. The third-order valence-electron chi connectivity index (χ3n) is 4.90. The molecule has 0 aliphatic heterocycles. The number of nitrogens with one attached hydrogen (secondary N) is 1. The number of nitrogens with zero attached hydrogens (tertiary/aromatic N) is 2. The number of hydrogen-bond donors (Lipinski definition) is 1. The number of rotatable bonds is 10. The van der Waals surface area contributed by atoms with Crippen molar-refractivity contribution in [1.29, 1.82) is 0 Å². The number of carbonyl (C=O) groups is 2. The van der Waals surface area contributed by atoms with Gasteiger partial charge in [0, 0.05) is 17.1 Å². The fourth-order valence-electron chi connectivity index (χ4n) is 3.14. The topological polar surface area (TPSA) is 96.0 Å². The van der Waals surface area contributed by atoms with Crippen LogP contribution in [0.4, 0.5) is 5.69 Å². The maximum atomic E-state index is 13.4. The molecule has 2 amide bonds. The summed E-state index contributed by atoms with van der Waals surface area (Å²) in [6, 6.07) is 12.9. The van der Waals surface area contributed by atoms with Gasteiger partial charge in [-0.2, -0.15) is 0 Å². The highest BCUT2D eigenvalue weighted by Crippen LogP contribution is 2.22. The summed E-state index contributed by atoms with van der Waals surface area (Å²) >= 11 is 3.38. The Labute approximate surface area is 204 Å². The van der Waals surface area contributed by atoms with Crippen LogP contribution >= 0.6 is 15.9 Å². The van der Waals surface area contributed by atoms with E-state index in [9.17, 15) is 18.0 Å². The Morgan fingerprint density at radius 3 is 2.09 bits per heavy atom. The van der Waals surface area contributed by atoms with Gasteiger partial charge in [0.1, 0.15) is 18.3 Å². The number of anilines is 1. The largest absolute Gasteiger partial charge is 0.497 e. The highest BCUT2D eigenvalue weighted by Gasteiger charge is 2.30. The smallest absolute Gasteiger partial charge is 0.244 e. The summed E-state index contributed by atoms with van der Waals surface area (Å²) < 4.78 is 32.1. The average molecular weight is 540 g/mol. The van der Waals surface area contributed by atoms with Crippen molar-refractivity contribution >= 4 is 43.5 Å². The molecule has 8 nitrogen and oxygen atoms in total. The summed E-state index contributed by atoms with van der Waals surface area (Å²) in [6.07, 6.45) is 1.04. The second kappa shape index (κ2) is 11.5. The minimum Gasteiger partial charge on any atom is -0.497 e. The number of sulfonamides is 1. The van der Waals surface area contributed by atoms with Crippen LogP contribution in [-0.4, -0.2) is 57.1 Å². The first-order valence-corrected chi connectivity index (χ1v) is 13.0. The molecule has 2 rings (SSSR count). The predicted octanol–water partition coefficient (Wildman–Crippen LogP) is 3.17. The van der Waals surface area contributed by atoms with Gasteiger partial charge in [-0.3, -0.25) is 13.9 Å². The molecular formula is C23H30BrN3O5S. The van der Waals surface area contributed by atoms with E-state index < -0.39 is 28.5 Å². The molecule has 0 aromatic heterocycles. The van der Waals surface area contributed by atoms with Gasteiger partial charge in [-0.25, -0.2) is 8.42 Å². The lowest BCUT2D eigenvalue weighted by Gasteiger charge is -2.32. The van der Waals surface area contributed by atoms with E-state index in [2.05, 4.69) is 21.2 Å². The van der Waals surface area contributed by atoms with Gasteiger partial charge in [0.2, 0.25) is 21.8 Å². The highest BCUT2D eigenvalue weighted by atomic mass is 79.9. The third-order valence-corrected chi connectivity index (χ3v) is 6.57. The minimum absolute atomic E-state index is 0.101. The van der Waals surface area contributed by atoms with Gasteiger partial charge in [0.05, 0.1) is 19.1 Å². The fraction of sp³-hybridized carbons (Fsp3) is 0.391. The van der Waals surface area contributed by atoms with E-state index in [4.69, 9.17) is 4.74 Å². The highest BCUT2D eigenvalue weighted by molar-refractivity contribution is 9.10. The lowest BCUT2D eigenvalue weighted by Crippen LogP contribution is -2.52. The van der Waals surface area contributed by atoms with Crippen LogP contribution in [0.25, 0.3) is 0 Å². The number of hydrogen-bond acceptors (Lipinski definition) is 5. The van der Waals surface area contributed by atoms with E-state index in [0.717, 1.165) is 20.6 Å². The van der Waals surface area contributed by atoms with Crippen molar-refractivity contribution < 1.29 is 22.7 Å². The molecule has 1 atom stereocenters. The monoisotopic (exact) mass is 539 g/mol. The van der Waals surface area contributed by atoms with Crippen LogP contribution in [0.1, 0.15) is 26.3 Å². The van der Waals surface area contributed by atoms with E-state index >= 15 is 0 Å². The van der Waals surface area contributed by atoms with Gasteiger partial charge in [0.25, 0.3) is 0 Å². The molecule has 0 unspecified atom stereocenters. The Hall–Kier alpha value is -2.59. The Kier molecular flexibility index (Phi) is 9.30. The molecule has 0 fully saturated rings. The Bertz CT molecular complexity index is 1060. The SMILES string of the molecule is COc1ccc(N(CC(=O)N(Cc2ccc(Br)cc2)[C@@H](C)C(=O)NC(C)C)S(C)(=O)=O)cc1. The van der Waals surface area contributed by atoms with Crippen LogP contribution in [0.15, 0.2) is 53.0 Å². The van der Waals surface area contributed by atoms with Crippen LogP contribution in [-0.2, 0) is 26.2 Å². The average Bonchev–Trinajstić information content (AvgIpc) is 2.75. The van der Waals surface area contributed by atoms with E-state index in [0.29, 0.717) is 11.4 Å². The minimum atomic E-state index is -3.77. The zero-order valence-corrected chi connectivity index (χ0v) is 21.8. The molecule has 1 N–H and O–H groups in total. The first-order valence-electron chi connectivity index (χ1n) is 10.4. The Balaban J connectivity index is 2.36. The number of ether oxygens (including phenoxy) is 1. The molecule has 10 heteroatoms. The molecule has 0 saturated carbocycles. The Morgan fingerprint density at radius 1 is 1.03 bits per heavy atom. The molecule has 180 valence electrons. The molecule has 2 aromatic rings. The molecule has 0 aliphatic rings. The number of amides is 2. The first kappa shape index (κ1) is 26.7. The number of halogens is 1. The van der Waals surface area contributed by atoms with E-state index in [-0.39, 0.29) is 18.5 Å². The summed E-state index contributed by atoms with van der Waals surface area (Å²) in [5.41, 5.74) is 1.14. The van der Waals surface area contributed by atoms with Crippen molar-refractivity contribution in [2.24, 2.45) is 0 Å². The van der Waals surface area contributed by atoms with Crippen LogP contribution in [0.2, 0.25) is 0 Å². The summed E-state index contributed by atoms with van der Waals surface area (Å²) in [5, 5.41) is 2.81. The summed E-state index contributed by atoms with van der Waals surface area (Å²) in [7, 11) is -2.26. The van der Waals surface area contributed by atoms with E-state index in [1.807, 2.05) is 38.1 Å². The summed E-state index contributed by atoms with van der Waals surface area (Å²) in [6.45, 7) is 5.01. The summed E-state index contributed by atoms with van der Waals surface area (Å²) in [5.74, 6) is -0.245. The van der Waals surface area contributed by atoms with Gasteiger partial charge in [0.15, 0.2) is 0 Å². The van der Waals surface area contributed by atoms with Gasteiger partial charge < -0.3 is 15.0 Å². The third kappa shape index (κ3) is 7.75. The molecule has 0 spiro atoms. The van der Waals surface area contributed by atoms with Crippen molar-refractivity contribution in [3.8, 4) is 5.75 Å². The van der Waals surface area contributed by atoms with Crippen molar-refractivity contribution in [2.75, 3.05) is 24.2 Å². The molecule has 0 saturated heterocycles. The Morgan fingerprint density at radius 2 is 1.61 bits per heavy atom. The first-order chi connectivity index (χ1) is 15.4. The lowest BCUT2D eigenvalue weighted by atomic mass is 10.1. The van der Waals surface area contributed by atoms with Crippen LogP contribution in [0.5, 0.6) is 5.75 Å². The zero-order valence-electron chi connectivity index (χ0n) is 19.4. The van der Waals surface area contributed by atoms with Crippen molar-refractivity contribution in [1.82, 2.24) is 10.2 Å². The summed E-state index contributed by atoms with van der Waals surface area (Å²) in [4.78, 5) is 27.5. The number of benzene rings is 2. The van der Waals surface area contributed by atoms with E-state index in [1.165, 1.54) is 12.0 Å². The van der Waals surface area contributed by atoms with Gasteiger partial charge in [-0.15, -0.1) is 0 Å². The number of methoxy groups -OCH3 is 1. The standard InChI is InChI=1S/C23H30BrN3O5S/c1-16(2)25-23(29)17(3)26(14-18-6-8-19(24)9-7-18)22(28)15-27(33(5,30)31)20-10-12-21(32-4)13-11-20/h6-13,16-17H,14-15H2,1-5H3,(H,25,29)/t17-/m0/s1. The predicted molar refractivity (Wildman–Crippen MR) is 133 cm³/mol. The van der Waals surface area contributed by atoms with Crippen LogP contribution < -0.4 is 14.4 Å². The maximum Gasteiger partial charge on any atom is 0.244 e. The molecular weight excluding hydrogens is 510 g/mol. The van der Waals surface area contributed by atoms with Crippen molar-refractivity contribution in [3.63, 3.8) is 0 Å². The normalized spacial score (nSPS) is 12.2. The fourth-order valence-corrected chi connectivity index (χ4v) is 4.25. The van der Waals surface area contributed by atoms with Gasteiger partial charge in [-0.1, -0.05) is 28.1 Å². The molecule has 0 bridgehead atoms. The second-order valence-corrected chi connectivity index (χ2v) is 10.8. The van der Waals surface area contributed by atoms with E-state index in [1.54, 1.807) is 31.2 Å². The van der Waals surface area contributed by atoms with Crippen LogP contribution in [0, 0.1) is 0 Å². The second-order valence-electron chi connectivity index (χ2n) is 7.96. The maximum absolute atomic E-state index is 13.4. The van der Waals surface area contributed by atoms with Gasteiger partial charge >= 0.3 is 0 Å². The van der Waals surface area contributed by atoms with Crippen molar-refractivity contribution in [3.05, 3.63) is 58.6 Å². The number of carbonyl (C=O) groups excluding carboxylic acids is 2. The molecule has 0 aliphatic carbocycles. The lowest BCUT2D eigenvalue weighted by molar-refractivity contribution is -0.139. The molecule has 2 aromatic carbocycles. The molecule has 0 radical (unpaired) electrons. The van der Waals surface area contributed by atoms with Crippen LogP contribution in [0.3, 0.4) is 0 Å². The molecule has 33 heavy (non-hydrogen) atoms.